The van der Waals surface area contributed by atoms with E-state index in [1.807, 2.05) is 6.92 Å². The Morgan fingerprint density at radius 1 is 1.21 bits per heavy atom. The van der Waals surface area contributed by atoms with E-state index in [-0.39, 0.29) is 0 Å². The van der Waals surface area contributed by atoms with E-state index in [9.17, 15) is 5.11 Å². The lowest BCUT2D eigenvalue weighted by Crippen LogP contribution is -2.51. The van der Waals surface area contributed by atoms with Gasteiger partial charge in [-0.15, -0.1) is 0 Å². The third kappa shape index (κ3) is 2.12. The van der Waals surface area contributed by atoms with Crippen molar-refractivity contribution in [2.75, 3.05) is 13.1 Å². The molecule has 0 amide bonds. The second kappa shape index (κ2) is 4.19. The molecule has 2 unspecified atom stereocenters. The lowest BCUT2D eigenvalue weighted by atomic mass is 9.70. The average Bonchev–Trinajstić information content (AvgIpc) is 2.18. The molecule has 2 heteroatoms. The number of rotatable bonds is 1. The topological polar surface area (TPSA) is 32.3 Å². The molecule has 0 aromatic rings. The van der Waals surface area contributed by atoms with Crippen LogP contribution in [-0.4, -0.2) is 23.8 Å². The molecule has 2 aliphatic rings. The van der Waals surface area contributed by atoms with Crippen LogP contribution in [0.15, 0.2) is 0 Å². The molecule has 0 aromatic heterocycles. The van der Waals surface area contributed by atoms with E-state index >= 15 is 0 Å². The Morgan fingerprint density at radius 3 is 2.57 bits per heavy atom. The summed E-state index contributed by atoms with van der Waals surface area (Å²) in [6.07, 6.45) is 7.74. The summed E-state index contributed by atoms with van der Waals surface area (Å²) in [7, 11) is 0. The highest BCUT2D eigenvalue weighted by Crippen LogP contribution is 2.38. The van der Waals surface area contributed by atoms with Crippen molar-refractivity contribution in [2.24, 2.45) is 11.8 Å². The smallest absolute Gasteiger partial charge is 0.0674 e. The summed E-state index contributed by atoms with van der Waals surface area (Å²) < 4.78 is 0. The molecule has 1 saturated carbocycles. The van der Waals surface area contributed by atoms with E-state index in [0.717, 1.165) is 25.4 Å². The number of hydrogen-bond donors (Lipinski definition) is 2. The lowest BCUT2D eigenvalue weighted by Gasteiger charge is -2.43. The Bertz CT molecular complexity index is 185. The van der Waals surface area contributed by atoms with Gasteiger partial charge >= 0.3 is 0 Å². The second-order valence-corrected chi connectivity index (χ2v) is 5.32. The molecule has 1 aliphatic heterocycles. The van der Waals surface area contributed by atoms with E-state index in [1.165, 1.54) is 32.1 Å². The van der Waals surface area contributed by atoms with E-state index < -0.39 is 5.60 Å². The summed E-state index contributed by atoms with van der Waals surface area (Å²) in [5.41, 5.74) is -0.409. The normalized spacial score (nSPS) is 41.1. The van der Waals surface area contributed by atoms with Crippen molar-refractivity contribution in [1.82, 2.24) is 5.32 Å². The van der Waals surface area contributed by atoms with Crippen molar-refractivity contribution < 1.29 is 5.11 Å². The SMILES string of the molecule is CC1(O)CCNCC1C1CCCCC1. The van der Waals surface area contributed by atoms with Crippen molar-refractivity contribution in [3.05, 3.63) is 0 Å². The van der Waals surface area contributed by atoms with Gasteiger partial charge in [-0.2, -0.15) is 0 Å². The Labute approximate surface area is 87.1 Å². The van der Waals surface area contributed by atoms with E-state index in [1.54, 1.807) is 0 Å². The molecule has 0 radical (unpaired) electrons. The van der Waals surface area contributed by atoms with Crippen LogP contribution in [-0.2, 0) is 0 Å². The summed E-state index contributed by atoms with van der Waals surface area (Å²) in [5.74, 6) is 1.27. The van der Waals surface area contributed by atoms with Crippen LogP contribution in [0.1, 0.15) is 45.4 Å². The van der Waals surface area contributed by atoms with Crippen molar-refractivity contribution in [3.8, 4) is 0 Å². The van der Waals surface area contributed by atoms with Crippen LogP contribution in [0.2, 0.25) is 0 Å². The monoisotopic (exact) mass is 197 g/mol. The fourth-order valence-corrected chi connectivity index (χ4v) is 3.22. The van der Waals surface area contributed by atoms with Gasteiger partial charge in [0.2, 0.25) is 0 Å². The molecule has 2 fully saturated rings. The summed E-state index contributed by atoms with van der Waals surface area (Å²) >= 11 is 0. The number of nitrogens with one attached hydrogen (secondary N) is 1. The molecular formula is C12H23NO. The molecule has 1 saturated heterocycles. The Kier molecular flexibility index (Phi) is 3.13. The zero-order valence-electron chi connectivity index (χ0n) is 9.26. The Balaban J connectivity index is 1.99. The maximum atomic E-state index is 10.3. The van der Waals surface area contributed by atoms with Gasteiger partial charge < -0.3 is 10.4 Å². The number of aliphatic hydroxyl groups is 1. The number of piperidine rings is 1. The van der Waals surface area contributed by atoms with Crippen LogP contribution >= 0.6 is 0 Å². The minimum absolute atomic E-state index is 0.409. The molecule has 2 rings (SSSR count). The van der Waals surface area contributed by atoms with Crippen molar-refractivity contribution in [1.29, 1.82) is 0 Å². The van der Waals surface area contributed by atoms with Crippen LogP contribution < -0.4 is 5.32 Å². The van der Waals surface area contributed by atoms with Crippen LogP contribution in [0.3, 0.4) is 0 Å². The van der Waals surface area contributed by atoms with Crippen molar-refractivity contribution in [2.45, 2.75) is 51.0 Å². The molecule has 14 heavy (non-hydrogen) atoms. The first-order valence-corrected chi connectivity index (χ1v) is 6.13. The molecule has 2 nitrogen and oxygen atoms in total. The zero-order valence-corrected chi connectivity index (χ0v) is 9.26. The van der Waals surface area contributed by atoms with E-state index in [2.05, 4.69) is 5.32 Å². The summed E-state index contributed by atoms with van der Waals surface area (Å²) in [6.45, 7) is 4.04. The van der Waals surface area contributed by atoms with Crippen LogP contribution in [0.5, 0.6) is 0 Å². The molecule has 2 atom stereocenters. The van der Waals surface area contributed by atoms with Crippen LogP contribution in [0.25, 0.3) is 0 Å². The van der Waals surface area contributed by atoms with Crippen molar-refractivity contribution in [3.63, 3.8) is 0 Å². The first kappa shape index (κ1) is 10.4. The van der Waals surface area contributed by atoms with Gasteiger partial charge in [0.1, 0.15) is 0 Å². The van der Waals surface area contributed by atoms with Gasteiger partial charge in [0.15, 0.2) is 0 Å². The predicted molar refractivity (Wildman–Crippen MR) is 58.2 cm³/mol. The largest absolute Gasteiger partial charge is 0.390 e. The fraction of sp³-hybridized carbons (Fsp3) is 1.00. The van der Waals surface area contributed by atoms with Gasteiger partial charge in [-0.05, 0) is 25.8 Å². The van der Waals surface area contributed by atoms with Gasteiger partial charge in [0.05, 0.1) is 5.60 Å². The molecule has 0 spiro atoms. The molecule has 2 N–H and O–H groups in total. The van der Waals surface area contributed by atoms with Crippen LogP contribution in [0, 0.1) is 11.8 Å². The van der Waals surface area contributed by atoms with E-state index in [4.69, 9.17) is 0 Å². The first-order valence-electron chi connectivity index (χ1n) is 6.13. The summed E-state index contributed by atoms with van der Waals surface area (Å²) in [6, 6.07) is 0. The van der Waals surface area contributed by atoms with Gasteiger partial charge in [-0.1, -0.05) is 32.1 Å². The maximum absolute atomic E-state index is 10.3. The molecular weight excluding hydrogens is 174 g/mol. The standard InChI is InChI=1S/C12H23NO/c1-12(14)7-8-13-9-11(12)10-5-3-2-4-6-10/h10-11,13-14H,2-9H2,1H3. The quantitative estimate of drug-likeness (QED) is 0.673. The second-order valence-electron chi connectivity index (χ2n) is 5.32. The molecule has 82 valence electrons. The van der Waals surface area contributed by atoms with Crippen LogP contribution in [0.4, 0.5) is 0 Å². The number of hydrogen-bond acceptors (Lipinski definition) is 2. The molecule has 0 aromatic carbocycles. The highest BCUT2D eigenvalue weighted by Gasteiger charge is 2.39. The zero-order chi connectivity index (χ0) is 10.0. The summed E-state index contributed by atoms with van der Waals surface area (Å²) in [4.78, 5) is 0. The van der Waals surface area contributed by atoms with Gasteiger partial charge in [0, 0.05) is 12.5 Å². The lowest BCUT2D eigenvalue weighted by molar-refractivity contribution is -0.0542. The predicted octanol–water partition coefficient (Wildman–Crippen LogP) is 1.93. The Morgan fingerprint density at radius 2 is 1.93 bits per heavy atom. The minimum atomic E-state index is -0.409. The van der Waals surface area contributed by atoms with Gasteiger partial charge in [-0.25, -0.2) is 0 Å². The third-order valence-electron chi connectivity index (χ3n) is 4.19. The summed E-state index contributed by atoms with van der Waals surface area (Å²) in [5, 5.41) is 13.8. The first-order chi connectivity index (χ1) is 6.70. The molecule has 1 heterocycles. The third-order valence-corrected chi connectivity index (χ3v) is 4.19. The highest BCUT2D eigenvalue weighted by molar-refractivity contribution is 4.92. The van der Waals surface area contributed by atoms with Crippen molar-refractivity contribution >= 4 is 0 Å². The van der Waals surface area contributed by atoms with Gasteiger partial charge in [0.25, 0.3) is 0 Å². The maximum Gasteiger partial charge on any atom is 0.0674 e. The minimum Gasteiger partial charge on any atom is -0.390 e. The van der Waals surface area contributed by atoms with Gasteiger partial charge in [-0.3, -0.25) is 0 Å². The highest BCUT2D eigenvalue weighted by atomic mass is 16.3. The fourth-order valence-electron chi connectivity index (χ4n) is 3.22. The average molecular weight is 197 g/mol. The molecule has 1 aliphatic carbocycles. The molecule has 0 bridgehead atoms. The Hall–Kier alpha value is -0.0800. The van der Waals surface area contributed by atoms with E-state index in [0.29, 0.717) is 5.92 Å².